The molecule has 1 aliphatic carbocycles. The molecule has 0 unspecified atom stereocenters. The van der Waals surface area contributed by atoms with Crippen LogP contribution in [0.3, 0.4) is 0 Å². The smallest absolute Gasteiger partial charge is 0.144 e. The van der Waals surface area contributed by atoms with Crippen LogP contribution in [0.15, 0.2) is 18.2 Å². The number of para-hydroxylation sites is 1. The number of ether oxygens (including phenoxy) is 1. The molecule has 16 heavy (non-hydrogen) atoms. The number of rotatable bonds is 3. The van der Waals surface area contributed by atoms with Crippen molar-refractivity contribution in [2.75, 3.05) is 23.8 Å². The van der Waals surface area contributed by atoms with E-state index in [9.17, 15) is 0 Å². The lowest BCUT2D eigenvalue weighted by Gasteiger charge is -2.29. The van der Waals surface area contributed by atoms with Crippen molar-refractivity contribution in [2.45, 2.75) is 31.7 Å². The van der Waals surface area contributed by atoms with Gasteiger partial charge >= 0.3 is 0 Å². The highest BCUT2D eigenvalue weighted by atomic mass is 16.5. The maximum atomic E-state index is 5.74. The second kappa shape index (κ2) is 3.58. The number of fused-ring (bicyclic) bond motifs is 1. The minimum Gasteiger partial charge on any atom is -0.491 e. The van der Waals surface area contributed by atoms with E-state index in [0.717, 1.165) is 31.0 Å². The first kappa shape index (κ1) is 9.82. The van der Waals surface area contributed by atoms with Crippen molar-refractivity contribution < 1.29 is 4.74 Å². The van der Waals surface area contributed by atoms with Gasteiger partial charge in [-0.2, -0.15) is 0 Å². The summed E-state index contributed by atoms with van der Waals surface area (Å²) < 4.78 is 5.74. The van der Waals surface area contributed by atoms with Gasteiger partial charge in [-0.05, 0) is 31.4 Å². The third-order valence-corrected chi connectivity index (χ3v) is 3.34. The minimum absolute atomic E-state index is 0.344. The fourth-order valence-corrected chi connectivity index (χ4v) is 2.19. The molecule has 1 fully saturated rings. The quantitative estimate of drug-likeness (QED) is 0.818. The fourth-order valence-electron chi connectivity index (χ4n) is 2.19. The van der Waals surface area contributed by atoms with Crippen LogP contribution in [-0.2, 0) is 0 Å². The lowest BCUT2D eigenvalue weighted by Crippen LogP contribution is -2.35. The van der Waals surface area contributed by atoms with E-state index in [4.69, 9.17) is 4.74 Å². The van der Waals surface area contributed by atoms with Gasteiger partial charge in [0, 0.05) is 6.54 Å². The Morgan fingerprint density at radius 2 is 2.25 bits per heavy atom. The van der Waals surface area contributed by atoms with Gasteiger partial charge in [-0.15, -0.1) is 0 Å². The molecule has 1 spiro atoms. The molecular weight excluding hydrogens is 200 g/mol. The molecule has 1 aromatic rings. The van der Waals surface area contributed by atoms with E-state index in [1.165, 1.54) is 18.5 Å². The van der Waals surface area contributed by atoms with E-state index >= 15 is 0 Å². The molecule has 0 bridgehead atoms. The molecule has 2 N–H and O–H groups in total. The molecule has 0 aromatic heterocycles. The van der Waals surface area contributed by atoms with Crippen molar-refractivity contribution in [2.24, 2.45) is 0 Å². The number of anilines is 2. The van der Waals surface area contributed by atoms with Crippen LogP contribution in [0.5, 0.6) is 5.75 Å². The van der Waals surface area contributed by atoms with Crippen LogP contribution in [0.1, 0.15) is 26.2 Å². The Morgan fingerprint density at radius 1 is 1.38 bits per heavy atom. The molecule has 1 aliphatic heterocycles. The van der Waals surface area contributed by atoms with Gasteiger partial charge in [-0.1, -0.05) is 13.0 Å². The summed E-state index contributed by atoms with van der Waals surface area (Å²) in [4.78, 5) is 0. The highest BCUT2D eigenvalue weighted by Gasteiger charge is 2.45. The summed E-state index contributed by atoms with van der Waals surface area (Å²) in [6, 6.07) is 6.22. The van der Waals surface area contributed by atoms with Crippen molar-refractivity contribution in [1.82, 2.24) is 0 Å². The Labute approximate surface area is 96.2 Å². The van der Waals surface area contributed by atoms with Gasteiger partial charge in [-0.3, -0.25) is 0 Å². The van der Waals surface area contributed by atoms with Crippen molar-refractivity contribution in [3.8, 4) is 5.75 Å². The third-order valence-electron chi connectivity index (χ3n) is 3.34. The van der Waals surface area contributed by atoms with Crippen LogP contribution in [-0.4, -0.2) is 18.7 Å². The molecular formula is C13H18N2O. The zero-order valence-electron chi connectivity index (χ0n) is 9.68. The monoisotopic (exact) mass is 218 g/mol. The topological polar surface area (TPSA) is 33.3 Å². The number of hydrogen-bond donors (Lipinski definition) is 2. The van der Waals surface area contributed by atoms with Crippen LogP contribution in [0.4, 0.5) is 11.4 Å². The number of hydrogen-bond acceptors (Lipinski definition) is 3. The molecule has 0 atom stereocenters. The zero-order valence-corrected chi connectivity index (χ0v) is 9.68. The first-order valence-electron chi connectivity index (χ1n) is 6.11. The largest absolute Gasteiger partial charge is 0.491 e. The number of benzene rings is 1. The van der Waals surface area contributed by atoms with Crippen LogP contribution >= 0.6 is 0 Å². The summed E-state index contributed by atoms with van der Waals surface area (Å²) in [6.07, 6.45) is 3.60. The summed E-state index contributed by atoms with van der Waals surface area (Å²) >= 11 is 0. The normalized spacial score (nSPS) is 19.6. The lowest BCUT2D eigenvalue weighted by molar-refractivity contribution is 0.318. The van der Waals surface area contributed by atoms with Crippen molar-refractivity contribution in [3.05, 3.63) is 18.2 Å². The van der Waals surface area contributed by atoms with Crippen molar-refractivity contribution in [3.63, 3.8) is 0 Å². The summed E-state index contributed by atoms with van der Waals surface area (Å²) in [7, 11) is 0. The Morgan fingerprint density at radius 3 is 3.00 bits per heavy atom. The summed E-state index contributed by atoms with van der Waals surface area (Å²) in [5.41, 5.74) is 2.67. The summed E-state index contributed by atoms with van der Waals surface area (Å²) in [5.74, 6) is 0.974. The number of nitrogens with one attached hydrogen (secondary N) is 2. The first-order valence-corrected chi connectivity index (χ1v) is 6.11. The van der Waals surface area contributed by atoms with Gasteiger partial charge in [0.25, 0.3) is 0 Å². The molecule has 1 saturated carbocycles. The van der Waals surface area contributed by atoms with Gasteiger partial charge in [0.05, 0.1) is 17.8 Å². The van der Waals surface area contributed by atoms with Crippen molar-refractivity contribution in [1.29, 1.82) is 0 Å². The Bertz CT molecular complexity index is 399. The molecule has 0 amide bonds. The SMILES string of the molecule is CCCOc1cccc2c1NCC1(CC1)N2. The fraction of sp³-hybridized carbons (Fsp3) is 0.538. The van der Waals surface area contributed by atoms with E-state index in [1.807, 2.05) is 6.07 Å². The van der Waals surface area contributed by atoms with E-state index in [-0.39, 0.29) is 0 Å². The van der Waals surface area contributed by atoms with E-state index in [0.29, 0.717) is 5.54 Å². The van der Waals surface area contributed by atoms with Crippen LogP contribution in [0.2, 0.25) is 0 Å². The van der Waals surface area contributed by atoms with Crippen LogP contribution in [0.25, 0.3) is 0 Å². The van der Waals surface area contributed by atoms with Gasteiger partial charge in [0.1, 0.15) is 11.4 Å². The highest BCUT2D eigenvalue weighted by Crippen LogP contribution is 2.46. The molecule has 2 aliphatic rings. The molecule has 1 heterocycles. The average molecular weight is 218 g/mol. The van der Waals surface area contributed by atoms with Gasteiger partial charge < -0.3 is 15.4 Å². The predicted molar refractivity (Wildman–Crippen MR) is 66.3 cm³/mol. The average Bonchev–Trinajstić information content (AvgIpc) is 3.05. The maximum Gasteiger partial charge on any atom is 0.144 e. The first-order chi connectivity index (χ1) is 7.83. The molecule has 0 radical (unpaired) electrons. The Hall–Kier alpha value is -1.38. The molecule has 3 nitrogen and oxygen atoms in total. The summed E-state index contributed by atoms with van der Waals surface area (Å²) in [6.45, 7) is 3.93. The molecule has 3 heteroatoms. The lowest BCUT2D eigenvalue weighted by atomic mass is 10.1. The Balaban J connectivity index is 1.86. The minimum atomic E-state index is 0.344. The van der Waals surface area contributed by atoms with E-state index < -0.39 is 0 Å². The van der Waals surface area contributed by atoms with Gasteiger partial charge in [-0.25, -0.2) is 0 Å². The second-order valence-corrected chi connectivity index (χ2v) is 4.79. The van der Waals surface area contributed by atoms with Crippen LogP contribution < -0.4 is 15.4 Å². The molecule has 3 rings (SSSR count). The molecule has 0 saturated heterocycles. The Kier molecular flexibility index (Phi) is 2.20. The van der Waals surface area contributed by atoms with Gasteiger partial charge in [0.2, 0.25) is 0 Å². The summed E-state index contributed by atoms with van der Waals surface area (Å²) in [5, 5.41) is 7.13. The molecule has 86 valence electrons. The predicted octanol–water partition coefficient (Wildman–Crippen LogP) is 2.85. The van der Waals surface area contributed by atoms with Gasteiger partial charge in [0.15, 0.2) is 0 Å². The second-order valence-electron chi connectivity index (χ2n) is 4.79. The molecule has 1 aromatic carbocycles. The maximum absolute atomic E-state index is 5.74. The standard InChI is InChI=1S/C13H18N2O/c1-2-8-16-11-5-3-4-10-12(11)14-9-13(15-10)6-7-13/h3-5,14-15H,2,6-9H2,1H3. The van der Waals surface area contributed by atoms with E-state index in [2.05, 4.69) is 29.7 Å². The van der Waals surface area contributed by atoms with E-state index in [1.54, 1.807) is 0 Å². The third kappa shape index (κ3) is 1.60. The zero-order chi connectivity index (χ0) is 11.0. The van der Waals surface area contributed by atoms with Crippen molar-refractivity contribution >= 4 is 11.4 Å². The highest BCUT2D eigenvalue weighted by molar-refractivity contribution is 5.79. The van der Waals surface area contributed by atoms with Crippen LogP contribution in [0, 0.1) is 0 Å².